The van der Waals surface area contributed by atoms with E-state index in [2.05, 4.69) is 12.1 Å². The molecule has 0 aromatic carbocycles. The summed E-state index contributed by atoms with van der Waals surface area (Å²) in [6.45, 7) is 7.50. The predicted octanol–water partition coefficient (Wildman–Crippen LogP) is 3.10. The van der Waals surface area contributed by atoms with Gasteiger partial charge in [-0.3, -0.25) is 4.79 Å². The molecular formula is C12H21NO3. The lowest BCUT2D eigenvalue weighted by molar-refractivity contribution is -0.172. The third-order valence-electron chi connectivity index (χ3n) is 3.47. The molecule has 0 aliphatic heterocycles. The molecule has 1 aliphatic carbocycles. The summed E-state index contributed by atoms with van der Waals surface area (Å²) in [5, 5.41) is 3.18. The van der Waals surface area contributed by atoms with Crippen LogP contribution in [0.1, 0.15) is 47.0 Å². The highest BCUT2D eigenvalue weighted by molar-refractivity contribution is 5.66. The monoisotopic (exact) mass is 227 g/mol. The van der Waals surface area contributed by atoms with E-state index in [1.165, 1.54) is 6.92 Å². The normalized spacial score (nSPS) is 34.8. The number of esters is 1. The number of nitroso groups, excluding NO2 is 1. The highest BCUT2D eigenvalue weighted by Gasteiger charge is 2.48. The van der Waals surface area contributed by atoms with Crippen molar-refractivity contribution < 1.29 is 9.53 Å². The average molecular weight is 227 g/mol. The van der Waals surface area contributed by atoms with E-state index in [4.69, 9.17) is 4.74 Å². The Kier molecular flexibility index (Phi) is 4.05. The highest BCUT2D eigenvalue weighted by Crippen LogP contribution is 2.44. The van der Waals surface area contributed by atoms with Gasteiger partial charge < -0.3 is 4.74 Å². The van der Waals surface area contributed by atoms with E-state index in [9.17, 15) is 9.70 Å². The molecule has 0 aromatic rings. The number of carbonyl (C=O) groups is 1. The van der Waals surface area contributed by atoms with Crippen molar-refractivity contribution in [2.75, 3.05) is 0 Å². The van der Waals surface area contributed by atoms with Gasteiger partial charge in [0.05, 0.1) is 0 Å². The Bertz CT molecular complexity index is 277. The lowest BCUT2D eigenvalue weighted by Crippen LogP contribution is -2.47. The van der Waals surface area contributed by atoms with Crippen molar-refractivity contribution in [2.45, 2.75) is 52.7 Å². The van der Waals surface area contributed by atoms with Crippen LogP contribution in [0.15, 0.2) is 5.18 Å². The van der Waals surface area contributed by atoms with E-state index < -0.39 is 11.7 Å². The van der Waals surface area contributed by atoms with Gasteiger partial charge in [0.2, 0.25) is 5.72 Å². The molecular weight excluding hydrogens is 206 g/mol. The first-order chi connectivity index (χ1) is 7.41. The minimum atomic E-state index is -1.13. The van der Waals surface area contributed by atoms with Crippen LogP contribution in [0.4, 0.5) is 0 Å². The maximum absolute atomic E-state index is 11.2. The van der Waals surface area contributed by atoms with Gasteiger partial charge in [0, 0.05) is 19.3 Å². The van der Waals surface area contributed by atoms with Crippen molar-refractivity contribution in [2.24, 2.45) is 22.9 Å². The van der Waals surface area contributed by atoms with Crippen molar-refractivity contribution in [1.29, 1.82) is 0 Å². The maximum Gasteiger partial charge on any atom is 0.304 e. The fraction of sp³-hybridized carbons (Fsp3) is 0.917. The second kappa shape index (κ2) is 4.93. The molecule has 0 aromatic heterocycles. The second-order valence-electron chi connectivity index (χ2n) is 5.27. The quantitative estimate of drug-likeness (QED) is 0.550. The third kappa shape index (κ3) is 2.60. The Morgan fingerprint density at radius 3 is 2.50 bits per heavy atom. The first-order valence-corrected chi connectivity index (χ1v) is 5.95. The second-order valence-corrected chi connectivity index (χ2v) is 5.27. The first-order valence-electron chi connectivity index (χ1n) is 5.95. The van der Waals surface area contributed by atoms with Crippen molar-refractivity contribution in [3.8, 4) is 0 Å². The molecule has 0 saturated heterocycles. The summed E-state index contributed by atoms with van der Waals surface area (Å²) in [6, 6.07) is 0. The van der Waals surface area contributed by atoms with Crippen molar-refractivity contribution >= 4 is 5.97 Å². The van der Waals surface area contributed by atoms with Crippen LogP contribution < -0.4 is 0 Å². The first kappa shape index (κ1) is 13.1. The summed E-state index contributed by atoms with van der Waals surface area (Å²) in [5.41, 5.74) is -1.13. The number of nitrogens with zero attached hydrogens (tertiary/aromatic N) is 1. The Morgan fingerprint density at radius 1 is 1.44 bits per heavy atom. The van der Waals surface area contributed by atoms with Gasteiger partial charge in [0.25, 0.3) is 0 Å². The van der Waals surface area contributed by atoms with Gasteiger partial charge in [-0.1, -0.05) is 20.8 Å². The summed E-state index contributed by atoms with van der Waals surface area (Å²) < 4.78 is 5.25. The highest BCUT2D eigenvalue weighted by atomic mass is 16.6. The van der Waals surface area contributed by atoms with Crippen LogP contribution >= 0.6 is 0 Å². The minimum Gasteiger partial charge on any atom is -0.433 e. The zero-order valence-electron chi connectivity index (χ0n) is 10.5. The van der Waals surface area contributed by atoms with E-state index in [0.717, 1.165) is 12.8 Å². The third-order valence-corrected chi connectivity index (χ3v) is 3.47. The van der Waals surface area contributed by atoms with Crippen LogP contribution in [0, 0.1) is 22.7 Å². The molecule has 92 valence electrons. The van der Waals surface area contributed by atoms with Crippen molar-refractivity contribution in [1.82, 2.24) is 0 Å². The van der Waals surface area contributed by atoms with Gasteiger partial charge in [0.1, 0.15) is 0 Å². The van der Waals surface area contributed by atoms with Crippen LogP contribution in [0.3, 0.4) is 0 Å². The summed E-state index contributed by atoms with van der Waals surface area (Å²) in [4.78, 5) is 22.3. The molecule has 4 heteroatoms. The van der Waals surface area contributed by atoms with Gasteiger partial charge in [-0.25, -0.2) is 0 Å². The molecule has 1 fully saturated rings. The molecule has 0 bridgehead atoms. The van der Waals surface area contributed by atoms with Gasteiger partial charge >= 0.3 is 5.97 Å². The molecule has 1 saturated carbocycles. The lowest BCUT2D eigenvalue weighted by Gasteiger charge is -2.41. The number of rotatable bonds is 3. The van der Waals surface area contributed by atoms with Gasteiger partial charge in [0.15, 0.2) is 0 Å². The molecule has 1 rings (SSSR count). The fourth-order valence-electron chi connectivity index (χ4n) is 2.79. The zero-order chi connectivity index (χ0) is 12.3. The van der Waals surface area contributed by atoms with Crippen LogP contribution in [-0.4, -0.2) is 11.7 Å². The van der Waals surface area contributed by atoms with E-state index in [-0.39, 0.29) is 5.92 Å². The molecule has 0 spiro atoms. The molecule has 0 amide bonds. The average Bonchev–Trinajstić information content (AvgIpc) is 2.16. The smallest absolute Gasteiger partial charge is 0.304 e. The molecule has 4 nitrogen and oxygen atoms in total. The number of ether oxygens (including phenoxy) is 1. The molecule has 0 N–H and O–H groups in total. The summed E-state index contributed by atoms with van der Waals surface area (Å²) in [5.74, 6) is 0.307. The fourth-order valence-corrected chi connectivity index (χ4v) is 2.79. The van der Waals surface area contributed by atoms with Crippen LogP contribution in [0.2, 0.25) is 0 Å². The Labute approximate surface area is 96.7 Å². The molecule has 0 heterocycles. The van der Waals surface area contributed by atoms with Crippen molar-refractivity contribution in [3.05, 3.63) is 4.91 Å². The van der Waals surface area contributed by atoms with Gasteiger partial charge in [-0.15, -0.1) is 4.91 Å². The zero-order valence-corrected chi connectivity index (χ0v) is 10.5. The summed E-state index contributed by atoms with van der Waals surface area (Å²) >= 11 is 0. The van der Waals surface area contributed by atoms with E-state index >= 15 is 0 Å². The predicted molar refractivity (Wildman–Crippen MR) is 61.6 cm³/mol. The standard InChI is InChI=1S/C12H21NO3/c1-8(2)11-6-5-9(3)7-12(11,13-15)16-10(4)14/h8-9,11H,5-7H2,1-4H3. The number of hydrogen-bond acceptors (Lipinski definition) is 4. The van der Waals surface area contributed by atoms with Crippen LogP contribution in [0.25, 0.3) is 0 Å². The van der Waals surface area contributed by atoms with E-state index in [1.54, 1.807) is 0 Å². The SMILES string of the molecule is CC(=O)OC1(N=O)CC(C)CCC1C(C)C. The van der Waals surface area contributed by atoms with Crippen molar-refractivity contribution in [3.63, 3.8) is 0 Å². The molecule has 3 unspecified atom stereocenters. The number of hydrogen-bond donors (Lipinski definition) is 0. The molecule has 3 atom stereocenters. The molecule has 1 aliphatic rings. The Balaban J connectivity index is 2.96. The Hall–Kier alpha value is -0.930. The molecule has 0 radical (unpaired) electrons. The molecule has 16 heavy (non-hydrogen) atoms. The lowest BCUT2D eigenvalue weighted by atomic mass is 9.71. The minimum absolute atomic E-state index is 0.0464. The largest absolute Gasteiger partial charge is 0.433 e. The maximum atomic E-state index is 11.2. The van der Waals surface area contributed by atoms with Gasteiger partial charge in [-0.2, -0.15) is 0 Å². The number of carbonyl (C=O) groups excluding carboxylic acids is 1. The van der Waals surface area contributed by atoms with Crippen LogP contribution in [0.5, 0.6) is 0 Å². The van der Waals surface area contributed by atoms with E-state index in [1.807, 2.05) is 13.8 Å². The summed E-state index contributed by atoms with van der Waals surface area (Å²) in [6.07, 6.45) is 2.53. The Morgan fingerprint density at radius 2 is 2.06 bits per heavy atom. The summed E-state index contributed by atoms with van der Waals surface area (Å²) in [7, 11) is 0. The van der Waals surface area contributed by atoms with Crippen LogP contribution in [-0.2, 0) is 9.53 Å². The van der Waals surface area contributed by atoms with E-state index in [0.29, 0.717) is 18.3 Å². The van der Waals surface area contributed by atoms with Gasteiger partial charge in [-0.05, 0) is 29.9 Å². The topological polar surface area (TPSA) is 55.7 Å².